The number of anilines is 2. The summed E-state index contributed by atoms with van der Waals surface area (Å²) >= 11 is 0. The predicted molar refractivity (Wildman–Crippen MR) is 52.3 cm³/mol. The van der Waals surface area contributed by atoms with Crippen LogP contribution in [0.25, 0.3) is 0 Å². The molecule has 0 saturated heterocycles. The number of methoxy groups -OCH3 is 1. The standard InChI is InChI=1S/C8H16N4O/c1-6(3-4-13-2)12-8(10)7(9)5-11-12/h5-6H,3-4,9-10H2,1-2H3. The molecule has 74 valence electrons. The van der Waals surface area contributed by atoms with Crippen molar-refractivity contribution in [2.45, 2.75) is 19.4 Å². The van der Waals surface area contributed by atoms with E-state index in [-0.39, 0.29) is 6.04 Å². The van der Waals surface area contributed by atoms with E-state index in [1.165, 1.54) is 0 Å². The van der Waals surface area contributed by atoms with Gasteiger partial charge in [-0.3, -0.25) is 0 Å². The average molecular weight is 184 g/mol. The van der Waals surface area contributed by atoms with Gasteiger partial charge in [-0.05, 0) is 13.3 Å². The fourth-order valence-electron chi connectivity index (χ4n) is 1.15. The molecule has 13 heavy (non-hydrogen) atoms. The summed E-state index contributed by atoms with van der Waals surface area (Å²) in [6.07, 6.45) is 2.44. The van der Waals surface area contributed by atoms with Crippen molar-refractivity contribution < 1.29 is 4.74 Å². The molecule has 0 aliphatic carbocycles. The van der Waals surface area contributed by atoms with Crippen LogP contribution in [-0.4, -0.2) is 23.5 Å². The van der Waals surface area contributed by atoms with Crippen molar-refractivity contribution in [2.75, 3.05) is 25.2 Å². The number of nitrogens with two attached hydrogens (primary N) is 2. The van der Waals surface area contributed by atoms with Gasteiger partial charge in [0.2, 0.25) is 0 Å². The third-order valence-electron chi connectivity index (χ3n) is 2.02. The molecule has 0 spiro atoms. The molecule has 0 aliphatic rings. The second-order valence-electron chi connectivity index (χ2n) is 3.06. The Bertz CT molecular complexity index is 271. The summed E-state index contributed by atoms with van der Waals surface area (Å²) in [4.78, 5) is 0. The molecule has 5 heteroatoms. The van der Waals surface area contributed by atoms with Crippen LogP contribution in [0, 0.1) is 0 Å². The van der Waals surface area contributed by atoms with E-state index in [1.807, 2.05) is 6.92 Å². The van der Waals surface area contributed by atoms with Gasteiger partial charge >= 0.3 is 0 Å². The van der Waals surface area contributed by atoms with Crippen LogP contribution in [-0.2, 0) is 4.74 Å². The summed E-state index contributed by atoms with van der Waals surface area (Å²) in [5.41, 5.74) is 11.8. The van der Waals surface area contributed by atoms with Crippen LogP contribution in [0.15, 0.2) is 6.20 Å². The largest absolute Gasteiger partial charge is 0.394 e. The van der Waals surface area contributed by atoms with Gasteiger partial charge in [0.05, 0.1) is 17.9 Å². The third-order valence-corrected chi connectivity index (χ3v) is 2.02. The lowest BCUT2D eigenvalue weighted by Gasteiger charge is -2.12. The lowest BCUT2D eigenvalue weighted by Crippen LogP contribution is -2.12. The van der Waals surface area contributed by atoms with Crippen LogP contribution in [0.4, 0.5) is 11.5 Å². The normalized spacial score (nSPS) is 13.1. The molecular formula is C8H16N4O. The minimum absolute atomic E-state index is 0.220. The second-order valence-corrected chi connectivity index (χ2v) is 3.06. The molecule has 1 unspecified atom stereocenters. The van der Waals surface area contributed by atoms with Crippen LogP contribution >= 0.6 is 0 Å². The predicted octanol–water partition coefficient (Wildman–Crippen LogP) is 0.645. The Morgan fingerprint density at radius 1 is 1.62 bits per heavy atom. The summed E-state index contributed by atoms with van der Waals surface area (Å²) in [6.45, 7) is 2.72. The van der Waals surface area contributed by atoms with Crippen LogP contribution in [0.5, 0.6) is 0 Å². The number of hydrogen-bond acceptors (Lipinski definition) is 4. The summed E-state index contributed by atoms with van der Waals surface area (Å²) in [5, 5.41) is 4.08. The average Bonchev–Trinajstić information content (AvgIpc) is 2.44. The fraction of sp³-hybridized carbons (Fsp3) is 0.625. The maximum atomic E-state index is 5.71. The molecule has 1 atom stereocenters. The lowest BCUT2D eigenvalue weighted by molar-refractivity contribution is 0.179. The summed E-state index contributed by atoms with van der Waals surface area (Å²) in [6, 6.07) is 0.220. The Kier molecular flexibility index (Phi) is 3.13. The Labute approximate surface area is 77.7 Å². The zero-order valence-electron chi connectivity index (χ0n) is 8.03. The van der Waals surface area contributed by atoms with E-state index in [2.05, 4.69) is 5.10 Å². The van der Waals surface area contributed by atoms with Gasteiger partial charge in [0, 0.05) is 13.7 Å². The highest BCUT2D eigenvalue weighted by molar-refractivity contribution is 5.57. The first kappa shape index (κ1) is 9.85. The minimum atomic E-state index is 0.220. The lowest BCUT2D eigenvalue weighted by atomic mass is 10.2. The van der Waals surface area contributed by atoms with Crippen LogP contribution in [0.1, 0.15) is 19.4 Å². The SMILES string of the molecule is COCCC(C)n1ncc(N)c1N. The molecule has 0 amide bonds. The van der Waals surface area contributed by atoms with Gasteiger partial charge in [-0.25, -0.2) is 4.68 Å². The first-order valence-electron chi connectivity index (χ1n) is 4.24. The number of aromatic nitrogens is 2. The smallest absolute Gasteiger partial charge is 0.145 e. The van der Waals surface area contributed by atoms with Gasteiger partial charge in [-0.2, -0.15) is 5.10 Å². The Hall–Kier alpha value is -1.23. The van der Waals surface area contributed by atoms with Crippen molar-refractivity contribution in [1.29, 1.82) is 0 Å². The minimum Gasteiger partial charge on any atom is -0.394 e. The van der Waals surface area contributed by atoms with Crippen molar-refractivity contribution >= 4 is 11.5 Å². The van der Waals surface area contributed by atoms with E-state index in [0.29, 0.717) is 18.1 Å². The number of nitrogen functional groups attached to an aromatic ring is 2. The van der Waals surface area contributed by atoms with Gasteiger partial charge in [-0.15, -0.1) is 0 Å². The van der Waals surface area contributed by atoms with Crippen molar-refractivity contribution in [3.63, 3.8) is 0 Å². The molecule has 0 bridgehead atoms. The number of hydrogen-bond donors (Lipinski definition) is 2. The first-order valence-corrected chi connectivity index (χ1v) is 4.24. The molecule has 0 fully saturated rings. The quantitative estimate of drug-likeness (QED) is 0.720. The Morgan fingerprint density at radius 3 is 2.77 bits per heavy atom. The van der Waals surface area contributed by atoms with Crippen LogP contribution in [0.3, 0.4) is 0 Å². The topological polar surface area (TPSA) is 79.1 Å². The Morgan fingerprint density at radius 2 is 2.31 bits per heavy atom. The summed E-state index contributed by atoms with van der Waals surface area (Å²) in [5.74, 6) is 0.531. The van der Waals surface area contributed by atoms with Crippen LogP contribution in [0.2, 0.25) is 0 Å². The molecular weight excluding hydrogens is 168 g/mol. The van der Waals surface area contributed by atoms with Crippen molar-refractivity contribution in [1.82, 2.24) is 9.78 Å². The summed E-state index contributed by atoms with van der Waals surface area (Å²) < 4.78 is 6.68. The molecule has 1 aromatic heterocycles. The van der Waals surface area contributed by atoms with E-state index in [1.54, 1.807) is 18.0 Å². The van der Waals surface area contributed by atoms with Gasteiger partial charge in [0.15, 0.2) is 0 Å². The number of rotatable bonds is 4. The van der Waals surface area contributed by atoms with Crippen LogP contribution < -0.4 is 11.5 Å². The molecule has 5 nitrogen and oxygen atoms in total. The van der Waals surface area contributed by atoms with Gasteiger partial charge in [-0.1, -0.05) is 0 Å². The second kappa shape index (κ2) is 4.13. The zero-order valence-corrected chi connectivity index (χ0v) is 8.03. The maximum Gasteiger partial charge on any atom is 0.145 e. The molecule has 4 N–H and O–H groups in total. The molecule has 0 aromatic carbocycles. The summed E-state index contributed by atoms with van der Waals surface area (Å²) in [7, 11) is 1.67. The molecule has 1 heterocycles. The number of nitrogens with zero attached hydrogens (tertiary/aromatic N) is 2. The molecule has 0 radical (unpaired) electrons. The molecule has 1 rings (SSSR count). The van der Waals surface area contributed by atoms with Gasteiger partial charge in [0.1, 0.15) is 5.82 Å². The highest BCUT2D eigenvalue weighted by Gasteiger charge is 2.10. The molecule has 0 aliphatic heterocycles. The zero-order chi connectivity index (χ0) is 9.84. The van der Waals surface area contributed by atoms with Crippen molar-refractivity contribution in [2.24, 2.45) is 0 Å². The van der Waals surface area contributed by atoms with Gasteiger partial charge in [0.25, 0.3) is 0 Å². The monoisotopic (exact) mass is 184 g/mol. The number of ether oxygens (including phenoxy) is 1. The van der Waals surface area contributed by atoms with E-state index in [4.69, 9.17) is 16.2 Å². The van der Waals surface area contributed by atoms with E-state index < -0.39 is 0 Å². The van der Waals surface area contributed by atoms with E-state index >= 15 is 0 Å². The maximum absolute atomic E-state index is 5.71. The third kappa shape index (κ3) is 2.12. The highest BCUT2D eigenvalue weighted by atomic mass is 16.5. The Balaban J connectivity index is 2.65. The molecule has 1 aromatic rings. The molecule has 0 saturated carbocycles. The van der Waals surface area contributed by atoms with E-state index in [0.717, 1.165) is 6.42 Å². The van der Waals surface area contributed by atoms with Crippen molar-refractivity contribution in [3.8, 4) is 0 Å². The van der Waals surface area contributed by atoms with E-state index in [9.17, 15) is 0 Å². The van der Waals surface area contributed by atoms with Gasteiger partial charge < -0.3 is 16.2 Å². The highest BCUT2D eigenvalue weighted by Crippen LogP contribution is 2.19. The fourth-order valence-corrected chi connectivity index (χ4v) is 1.15. The first-order chi connectivity index (χ1) is 6.16. The van der Waals surface area contributed by atoms with Crippen molar-refractivity contribution in [3.05, 3.63) is 6.20 Å².